The lowest BCUT2D eigenvalue weighted by Gasteiger charge is -2.03. The van der Waals surface area contributed by atoms with Gasteiger partial charge >= 0.3 is 0 Å². The molecule has 0 unspecified atom stereocenters. The van der Waals surface area contributed by atoms with Crippen molar-refractivity contribution in [2.24, 2.45) is 0 Å². The molecule has 2 aromatic rings. The van der Waals surface area contributed by atoms with E-state index in [1.54, 1.807) is 19.3 Å². The molecule has 0 aliphatic rings. The summed E-state index contributed by atoms with van der Waals surface area (Å²) >= 11 is 0. The standard InChI is InChI=1S/C16H14O4/c1-20-16-5-3-2-4-11(16)6-8-13(17)12-7-9-14(18)15(19)10-12/h2-10,18-19H,1H3. The summed E-state index contributed by atoms with van der Waals surface area (Å²) in [5.74, 6) is -0.173. The smallest absolute Gasteiger partial charge is 0.185 e. The highest BCUT2D eigenvalue weighted by molar-refractivity contribution is 6.07. The first-order valence-corrected chi connectivity index (χ1v) is 5.99. The number of rotatable bonds is 4. The molecule has 2 rings (SSSR count). The van der Waals surface area contributed by atoms with Crippen LogP contribution in [0.5, 0.6) is 17.2 Å². The first-order chi connectivity index (χ1) is 9.61. The molecule has 0 spiro atoms. The van der Waals surface area contributed by atoms with E-state index in [0.29, 0.717) is 11.3 Å². The lowest BCUT2D eigenvalue weighted by molar-refractivity contribution is 0.104. The van der Waals surface area contributed by atoms with E-state index in [2.05, 4.69) is 0 Å². The molecule has 0 aliphatic heterocycles. The number of hydrogen-bond donors (Lipinski definition) is 2. The number of allylic oxidation sites excluding steroid dienone is 1. The van der Waals surface area contributed by atoms with Crippen LogP contribution in [-0.2, 0) is 0 Å². The summed E-state index contributed by atoms with van der Waals surface area (Å²) in [7, 11) is 1.56. The van der Waals surface area contributed by atoms with Crippen molar-refractivity contribution in [3.63, 3.8) is 0 Å². The summed E-state index contributed by atoms with van der Waals surface area (Å²) < 4.78 is 5.18. The third-order valence-corrected chi connectivity index (χ3v) is 2.81. The van der Waals surface area contributed by atoms with E-state index in [4.69, 9.17) is 4.74 Å². The van der Waals surface area contributed by atoms with Crippen molar-refractivity contribution in [3.05, 3.63) is 59.7 Å². The maximum Gasteiger partial charge on any atom is 0.185 e. The number of ether oxygens (including phenoxy) is 1. The zero-order chi connectivity index (χ0) is 14.5. The Morgan fingerprint density at radius 3 is 2.55 bits per heavy atom. The predicted octanol–water partition coefficient (Wildman–Crippen LogP) is 3.00. The van der Waals surface area contributed by atoms with Crippen LogP contribution in [0, 0.1) is 0 Å². The third kappa shape index (κ3) is 2.98. The van der Waals surface area contributed by atoms with Crippen LogP contribution in [0.3, 0.4) is 0 Å². The quantitative estimate of drug-likeness (QED) is 0.509. The first kappa shape index (κ1) is 13.7. The van der Waals surface area contributed by atoms with Crippen LogP contribution in [0.25, 0.3) is 6.08 Å². The molecule has 0 atom stereocenters. The van der Waals surface area contributed by atoms with Crippen molar-refractivity contribution in [1.82, 2.24) is 0 Å². The van der Waals surface area contributed by atoms with Gasteiger partial charge in [-0.1, -0.05) is 18.2 Å². The molecular formula is C16H14O4. The highest BCUT2D eigenvalue weighted by atomic mass is 16.5. The number of ketones is 1. The normalized spacial score (nSPS) is 10.7. The molecule has 0 bridgehead atoms. The fourth-order valence-corrected chi connectivity index (χ4v) is 1.74. The van der Waals surface area contributed by atoms with Gasteiger partial charge in [-0.25, -0.2) is 0 Å². The molecule has 0 amide bonds. The Labute approximate surface area is 116 Å². The van der Waals surface area contributed by atoms with Crippen LogP contribution in [0.1, 0.15) is 15.9 Å². The Hall–Kier alpha value is -2.75. The van der Waals surface area contributed by atoms with Crippen LogP contribution in [0.2, 0.25) is 0 Å². The van der Waals surface area contributed by atoms with E-state index in [1.807, 2.05) is 18.2 Å². The highest BCUT2D eigenvalue weighted by Gasteiger charge is 2.06. The fourth-order valence-electron chi connectivity index (χ4n) is 1.74. The van der Waals surface area contributed by atoms with Crippen LogP contribution in [0.15, 0.2) is 48.5 Å². The van der Waals surface area contributed by atoms with Gasteiger partial charge in [0.2, 0.25) is 0 Å². The number of para-hydroxylation sites is 1. The van der Waals surface area contributed by atoms with Gasteiger partial charge in [-0.15, -0.1) is 0 Å². The predicted molar refractivity (Wildman–Crippen MR) is 76.1 cm³/mol. The Bertz CT molecular complexity index is 659. The van der Waals surface area contributed by atoms with Gasteiger partial charge in [-0.2, -0.15) is 0 Å². The third-order valence-electron chi connectivity index (χ3n) is 2.81. The number of carbonyl (C=O) groups is 1. The summed E-state index contributed by atoms with van der Waals surface area (Å²) in [5.41, 5.74) is 1.08. The van der Waals surface area contributed by atoms with Gasteiger partial charge in [-0.3, -0.25) is 4.79 Å². The number of benzene rings is 2. The van der Waals surface area contributed by atoms with Crippen molar-refractivity contribution in [2.75, 3.05) is 7.11 Å². The number of phenolic OH excluding ortho intramolecular Hbond substituents is 2. The minimum absolute atomic E-state index is 0.254. The van der Waals surface area contributed by atoms with Gasteiger partial charge in [0, 0.05) is 11.1 Å². The number of carbonyl (C=O) groups excluding carboxylic acids is 1. The Kier molecular flexibility index (Phi) is 4.05. The molecule has 0 aromatic heterocycles. The van der Waals surface area contributed by atoms with E-state index >= 15 is 0 Å². The second-order valence-electron chi connectivity index (χ2n) is 4.14. The van der Waals surface area contributed by atoms with E-state index < -0.39 is 0 Å². The lowest BCUT2D eigenvalue weighted by Crippen LogP contribution is -1.94. The minimum Gasteiger partial charge on any atom is -0.504 e. The van der Waals surface area contributed by atoms with Gasteiger partial charge < -0.3 is 14.9 Å². The Morgan fingerprint density at radius 1 is 1.10 bits per heavy atom. The summed E-state index contributed by atoms with van der Waals surface area (Å²) in [6.07, 6.45) is 3.04. The van der Waals surface area contributed by atoms with Crippen LogP contribution >= 0.6 is 0 Å². The monoisotopic (exact) mass is 270 g/mol. The second kappa shape index (κ2) is 5.93. The van der Waals surface area contributed by atoms with Crippen molar-refractivity contribution in [3.8, 4) is 17.2 Å². The molecule has 20 heavy (non-hydrogen) atoms. The van der Waals surface area contributed by atoms with Crippen LogP contribution in [0.4, 0.5) is 0 Å². The van der Waals surface area contributed by atoms with Gasteiger partial charge in [-0.05, 0) is 36.4 Å². The molecule has 4 heteroatoms. The largest absolute Gasteiger partial charge is 0.504 e. The highest BCUT2D eigenvalue weighted by Crippen LogP contribution is 2.25. The molecule has 0 saturated heterocycles. The maximum atomic E-state index is 12.0. The van der Waals surface area contributed by atoms with E-state index in [1.165, 1.54) is 24.3 Å². The molecule has 2 N–H and O–H groups in total. The molecule has 0 saturated carbocycles. The number of phenols is 2. The van der Waals surface area contributed by atoms with Crippen molar-refractivity contribution >= 4 is 11.9 Å². The molecule has 102 valence electrons. The molecule has 0 fully saturated rings. The number of methoxy groups -OCH3 is 1. The van der Waals surface area contributed by atoms with E-state index in [0.717, 1.165) is 5.56 Å². The van der Waals surface area contributed by atoms with Crippen molar-refractivity contribution < 1.29 is 19.7 Å². The van der Waals surface area contributed by atoms with Crippen LogP contribution in [-0.4, -0.2) is 23.1 Å². The topological polar surface area (TPSA) is 66.8 Å². The van der Waals surface area contributed by atoms with Crippen molar-refractivity contribution in [1.29, 1.82) is 0 Å². The lowest BCUT2D eigenvalue weighted by atomic mass is 10.1. The zero-order valence-corrected chi connectivity index (χ0v) is 10.9. The SMILES string of the molecule is COc1ccccc1C=CC(=O)c1ccc(O)c(O)c1. The summed E-state index contributed by atoms with van der Waals surface area (Å²) in [6, 6.07) is 11.3. The molecule has 2 aromatic carbocycles. The summed E-state index contributed by atoms with van der Waals surface area (Å²) in [5, 5.41) is 18.6. The molecular weight excluding hydrogens is 256 g/mol. The number of aromatic hydroxyl groups is 2. The molecule has 0 heterocycles. The minimum atomic E-state index is -0.318. The average molecular weight is 270 g/mol. The molecule has 0 aliphatic carbocycles. The number of hydrogen-bond acceptors (Lipinski definition) is 4. The van der Waals surface area contributed by atoms with Gasteiger partial charge in [0.05, 0.1) is 7.11 Å². The summed E-state index contributed by atoms with van der Waals surface area (Å²) in [6.45, 7) is 0. The van der Waals surface area contributed by atoms with Gasteiger partial charge in [0.1, 0.15) is 5.75 Å². The second-order valence-corrected chi connectivity index (χ2v) is 4.14. The Morgan fingerprint density at radius 2 is 1.85 bits per heavy atom. The maximum absolute atomic E-state index is 12.0. The van der Waals surface area contributed by atoms with Crippen molar-refractivity contribution in [2.45, 2.75) is 0 Å². The van der Waals surface area contributed by atoms with Crippen LogP contribution < -0.4 is 4.74 Å². The van der Waals surface area contributed by atoms with Gasteiger partial charge in [0.15, 0.2) is 17.3 Å². The molecule has 0 radical (unpaired) electrons. The van der Waals surface area contributed by atoms with E-state index in [9.17, 15) is 15.0 Å². The first-order valence-electron chi connectivity index (χ1n) is 5.99. The zero-order valence-electron chi connectivity index (χ0n) is 10.9. The van der Waals surface area contributed by atoms with E-state index in [-0.39, 0.29) is 17.3 Å². The van der Waals surface area contributed by atoms with Gasteiger partial charge in [0.25, 0.3) is 0 Å². The fraction of sp³-hybridized carbons (Fsp3) is 0.0625. The average Bonchev–Trinajstić information content (AvgIpc) is 2.47. The molecule has 4 nitrogen and oxygen atoms in total. The Balaban J connectivity index is 2.22. The summed E-state index contributed by atoms with van der Waals surface area (Å²) in [4.78, 5) is 12.0.